The van der Waals surface area contributed by atoms with Gasteiger partial charge in [-0.05, 0) is 62.2 Å². The van der Waals surface area contributed by atoms with Crippen molar-refractivity contribution >= 4 is 23.9 Å². The van der Waals surface area contributed by atoms with E-state index in [2.05, 4.69) is 96.2 Å². The Bertz CT molecular complexity index is 1220. The van der Waals surface area contributed by atoms with Crippen LogP contribution in [0.25, 0.3) is 0 Å². The maximum atomic E-state index is 13.2. The molecule has 364 valence electrons. The van der Waals surface area contributed by atoms with Gasteiger partial charge >= 0.3 is 23.9 Å². The normalized spacial score (nSPS) is 14.1. The lowest BCUT2D eigenvalue weighted by molar-refractivity contribution is -0.174. The van der Waals surface area contributed by atoms with Gasteiger partial charge in [-0.25, -0.2) is 9.59 Å². The van der Waals surface area contributed by atoms with Crippen LogP contribution in [-0.4, -0.2) is 130 Å². The number of hydrogen-bond acceptors (Lipinski definition) is 14. The van der Waals surface area contributed by atoms with Gasteiger partial charge in [-0.1, -0.05) is 96.2 Å². The Balaban J connectivity index is 0. The molecule has 0 aliphatic carbocycles. The van der Waals surface area contributed by atoms with Gasteiger partial charge in [0.05, 0.1) is 128 Å². The van der Waals surface area contributed by atoms with E-state index in [4.69, 9.17) is 47.4 Å². The van der Waals surface area contributed by atoms with Crippen LogP contribution in [-0.2, 0) is 66.5 Å². The largest absolute Gasteiger partial charge is 0.465 e. The topological polar surface area (TPSA) is 161 Å². The van der Waals surface area contributed by atoms with Gasteiger partial charge in [0.1, 0.15) is 0 Å². The van der Waals surface area contributed by atoms with Crippen molar-refractivity contribution in [3.8, 4) is 0 Å². The van der Waals surface area contributed by atoms with E-state index in [-0.39, 0.29) is 71.2 Å². The molecule has 0 spiro atoms. The second-order valence-electron chi connectivity index (χ2n) is 19.7. The van der Waals surface area contributed by atoms with Gasteiger partial charge in [-0.3, -0.25) is 9.59 Å². The predicted molar refractivity (Wildman–Crippen MR) is 242 cm³/mol. The van der Waals surface area contributed by atoms with Crippen LogP contribution in [0.3, 0.4) is 0 Å². The van der Waals surface area contributed by atoms with Crippen molar-refractivity contribution in [3.63, 3.8) is 0 Å². The molecule has 0 heterocycles. The summed E-state index contributed by atoms with van der Waals surface area (Å²) in [5.74, 6) is -1.32. The molecule has 0 saturated carbocycles. The van der Waals surface area contributed by atoms with Crippen molar-refractivity contribution in [1.29, 1.82) is 0 Å². The van der Waals surface area contributed by atoms with Crippen molar-refractivity contribution in [1.82, 2.24) is 0 Å². The van der Waals surface area contributed by atoms with E-state index < -0.39 is 22.8 Å². The molecule has 0 amide bonds. The van der Waals surface area contributed by atoms with Crippen molar-refractivity contribution in [3.05, 3.63) is 24.3 Å². The summed E-state index contributed by atoms with van der Waals surface area (Å²) >= 11 is 0. The van der Waals surface area contributed by atoms with Crippen LogP contribution in [0.5, 0.6) is 0 Å². The van der Waals surface area contributed by atoms with Crippen LogP contribution in [0.4, 0.5) is 0 Å². The molecular weight excluding hydrogens is 801 g/mol. The third kappa shape index (κ3) is 24.8. The Morgan fingerprint density at radius 1 is 0.387 bits per heavy atom. The van der Waals surface area contributed by atoms with E-state index in [0.29, 0.717) is 92.1 Å². The summed E-state index contributed by atoms with van der Waals surface area (Å²) in [5, 5.41) is 0. The first kappa shape index (κ1) is 61.2. The zero-order valence-electron chi connectivity index (χ0n) is 41.9. The smallest absolute Gasteiger partial charge is 0.335 e. The highest BCUT2D eigenvalue weighted by molar-refractivity contribution is 5.88. The minimum absolute atomic E-state index is 0.0734. The molecule has 0 saturated heterocycles. The molecule has 14 nitrogen and oxygen atoms in total. The maximum absolute atomic E-state index is 13.2. The summed E-state index contributed by atoms with van der Waals surface area (Å²) in [7, 11) is 0. The molecule has 2 atom stereocenters. The molecular formula is C48H88O14. The lowest BCUT2D eigenvalue weighted by Gasteiger charge is -2.45. The number of rotatable bonds is 30. The number of carbonyl (C=O) groups excluding carboxylic acids is 4. The molecule has 0 aliphatic rings. The standard InChI is InChI=1S/C32H62O7.C16H26O7/c1-15-38-25(33)31(29(9,10)11,21-27(3,4)5)23-36-19-17-35-18-20-37-24-32(30(12,13)14,22-28(6,7)8)26(34)39-16-2;1-5-22-15(17)13(3)11-20-9-7-19-8-10-21-12-14(4)16(18)23-6-2/h15-24H2,1-14H3;3-12H2,1-2H3. The van der Waals surface area contributed by atoms with Gasteiger partial charge in [0.15, 0.2) is 0 Å². The average molecular weight is 889 g/mol. The quantitative estimate of drug-likeness (QED) is 0.0293. The molecule has 62 heavy (non-hydrogen) atoms. The summed E-state index contributed by atoms with van der Waals surface area (Å²) in [4.78, 5) is 48.8. The highest BCUT2D eigenvalue weighted by Crippen LogP contribution is 2.49. The first-order valence-electron chi connectivity index (χ1n) is 22.1. The molecule has 0 fully saturated rings. The van der Waals surface area contributed by atoms with Gasteiger partial charge in [0, 0.05) is 0 Å². The van der Waals surface area contributed by atoms with E-state index in [1.165, 1.54) is 0 Å². The lowest BCUT2D eigenvalue weighted by Crippen LogP contribution is -2.50. The summed E-state index contributed by atoms with van der Waals surface area (Å²) in [6.07, 6.45) is 1.31. The van der Waals surface area contributed by atoms with E-state index in [9.17, 15) is 19.2 Å². The third-order valence-electron chi connectivity index (χ3n) is 9.73. The predicted octanol–water partition coefficient (Wildman–Crippen LogP) is 8.37. The van der Waals surface area contributed by atoms with Crippen LogP contribution in [0.15, 0.2) is 24.3 Å². The van der Waals surface area contributed by atoms with Gasteiger partial charge in [0.25, 0.3) is 0 Å². The molecule has 0 aliphatic heterocycles. The van der Waals surface area contributed by atoms with Crippen LogP contribution >= 0.6 is 0 Å². The first-order chi connectivity index (χ1) is 28.6. The average Bonchev–Trinajstić information content (AvgIpc) is 3.14. The molecule has 0 rings (SSSR count). The van der Waals surface area contributed by atoms with Crippen molar-refractivity contribution in [2.24, 2.45) is 32.5 Å². The molecule has 0 aromatic carbocycles. The summed E-state index contributed by atoms with van der Waals surface area (Å²) in [5.41, 5.74) is -1.81. The van der Waals surface area contributed by atoms with Gasteiger partial charge in [-0.2, -0.15) is 0 Å². The van der Waals surface area contributed by atoms with Gasteiger partial charge < -0.3 is 47.4 Å². The van der Waals surface area contributed by atoms with Crippen molar-refractivity contribution < 1.29 is 66.5 Å². The fourth-order valence-electron chi connectivity index (χ4n) is 6.43. The van der Waals surface area contributed by atoms with Crippen molar-refractivity contribution in [2.75, 3.05) is 106 Å². The van der Waals surface area contributed by atoms with E-state index in [0.717, 1.165) is 0 Å². The molecule has 0 bridgehead atoms. The number of carbonyl (C=O) groups is 4. The monoisotopic (exact) mass is 889 g/mol. The Kier molecular flexibility index (Phi) is 29.9. The highest BCUT2D eigenvalue weighted by Gasteiger charge is 2.53. The van der Waals surface area contributed by atoms with E-state index in [1.54, 1.807) is 13.8 Å². The van der Waals surface area contributed by atoms with E-state index in [1.807, 2.05) is 13.8 Å². The zero-order chi connectivity index (χ0) is 48.3. The Labute approximate surface area is 375 Å². The summed E-state index contributed by atoms with van der Waals surface area (Å²) in [6.45, 7) is 44.4. The van der Waals surface area contributed by atoms with Gasteiger partial charge in [0.2, 0.25) is 0 Å². The van der Waals surface area contributed by atoms with Gasteiger partial charge in [-0.15, -0.1) is 0 Å². The summed E-state index contributed by atoms with van der Waals surface area (Å²) < 4.78 is 54.1. The Hall–Kier alpha value is -2.88. The molecule has 0 N–H and O–H groups in total. The molecule has 14 heteroatoms. The minimum atomic E-state index is -0.763. The van der Waals surface area contributed by atoms with Crippen LogP contribution in [0.2, 0.25) is 0 Å². The summed E-state index contributed by atoms with van der Waals surface area (Å²) in [6, 6.07) is 0. The number of esters is 4. The van der Waals surface area contributed by atoms with Crippen LogP contribution in [0, 0.1) is 32.5 Å². The fourth-order valence-corrected chi connectivity index (χ4v) is 6.43. The number of hydrogen-bond donors (Lipinski definition) is 0. The second-order valence-corrected chi connectivity index (χ2v) is 19.7. The first-order valence-corrected chi connectivity index (χ1v) is 22.1. The molecule has 0 aromatic rings. The highest BCUT2D eigenvalue weighted by atomic mass is 16.6. The maximum Gasteiger partial charge on any atom is 0.335 e. The third-order valence-corrected chi connectivity index (χ3v) is 9.73. The zero-order valence-corrected chi connectivity index (χ0v) is 41.9. The van der Waals surface area contributed by atoms with Crippen molar-refractivity contribution in [2.45, 2.75) is 124 Å². The molecule has 2 unspecified atom stereocenters. The minimum Gasteiger partial charge on any atom is -0.465 e. The Morgan fingerprint density at radius 3 is 0.887 bits per heavy atom. The lowest BCUT2D eigenvalue weighted by atomic mass is 9.60. The second kappa shape index (κ2) is 30.3. The molecule has 0 aromatic heterocycles. The number of ether oxygens (including phenoxy) is 10. The molecule has 0 radical (unpaired) electrons. The van der Waals surface area contributed by atoms with Crippen LogP contribution < -0.4 is 0 Å². The fraction of sp³-hybridized carbons (Fsp3) is 0.833. The SMILES string of the molecule is C=C(COCCOCCOCC(=C)C(=O)OCC)C(=O)OCC.CCOC(=O)C(COCCOCCOCC(CC(C)(C)C)(C(=O)OCC)C(C)(C)C)(CC(C)(C)C)C(C)(C)C. The van der Waals surface area contributed by atoms with Crippen LogP contribution in [0.1, 0.15) is 124 Å². The van der Waals surface area contributed by atoms with E-state index >= 15 is 0 Å². The Morgan fingerprint density at radius 2 is 0.645 bits per heavy atom.